The lowest BCUT2D eigenvalue weighted by Crippen LogP contribution is -1.99. The zero-order valence-electron chi connectivity index (χ0n) is 14.1. The molecule has 0 bridgehead atoms. The maximum Gasteiger partial charge on any atom is 0.162 e. The number of nitrogens with one attached hydrogen (secondary N) is 1. The summed E-state index contributed by atoms with van der Waals surface area (Å²) in [7, 11) is 0. The van der Waals surface area contributed by atoms with Gasteiger partial charge in [0.25, 0.3) is 0 Å². The van der Waals surface area contributed by atoms with Gasteiger partial charge in [-0.15, -0.1) is 0 Å². The number of halogens is 2. The van der Waals surface area contributed by atoms with E-state index in [-0.39, 0.29) is 0 Å². The number of benzene rings is 3. The quantitative estimate of drug-likeness (QED) is 0.339. The lowest BCUT2D eigenvalue weighted by molar-refractivity contribution is 1.19. The molecule has 0 aliphatic rings. The van der Waals surface area contributed by atoms with Gasteiger partial charge in [0, 0.05) is 21.0 Å². The predicted molar refractivity (Wildman–Crippen MR) is 113 cm³/mol. The second-order valence-electron chi connectivity index (χ2n) is 5.84. The van der Waals surface area contributed by atoms with E-state index >= 15 is 0 Å². The molecule has 1 N–H and O–H groups in total. The molecule has 4 rings (SSSR count). The molecule has 0 saturated heterocycles. The SMILES string of the molecule is Clc1ccc(/C=N/Nc2nc(-c3ccc(Cl)cc3)nc3ccccc23)cc1. The Labute approximate surface area is 166 Å². The summed E-state index contributed by atoms with van der Waals surface area (Å²) in [6.07, 6.45) is 1.72. The Morgan fingerprint density at radius 2 is 1.44 bits per heavy atom. The molecule has 1 aromatic heterocycles. The van der Waals surface area contributed by atoms with E-state index in [1.54, 1.807) is 6.21 Å². The lowest BCUT2D eigenvalue weighted by atomic mass is 10.2. The van der Waals surface area contributed by atoms with Gasteiger partial charge in [-0.1, -0.05) is 47.5 Å². The number of rotatable bonds is 4. The molecule has 1 heterocycles. The Hall–Kier alpha value is -2.95. The molecule has 0 saturated carbocycles. The number of aromatic nitrogens is 2. The van der Waals surface area contributed by atoms with Crippen molar-refractivity contribution in [3.8, 4) is 11.4 Å². The normalized spacial score (nSPS) is 11.2. The average molecular weight is 393 g/mol. The van der Waals surface area contributed by atoms with Crippen LogP contribution in [0.2, 0.25) is 10.0 Å². The minimum absolute atomic E-state index is 0.606. The maximum atomic E-state index is 5.98. The smallest absolute Gasteiger partial charge is 0.162 e. The van der Waals surface area contributed by atoms with Crippen LogP contribution in [-0.2, 0) is 0 Å². The molecule has 0 unspecified atom stereocenters. The monoisotopic (exact) mass is 392 g/mol. The molecule has 0 aliphatic heterocycles. The van der Waals surface area contributed by atoms with Gasteiger partial charge >= 0.3 is 0 Å². The van der Waals surface area contributed by atoms with E-state index in [4.69, 9.17) is 23.2 Å². The van der Waals surface area contributed by atoms with Crippen molar-refractivity contribution < 1.29 is 0 Å². The Kier molecular flexibility index (Phi) is 5.01. The maximum absolute atomic E-state index is 5.98. The Morgan fingerprint density at radius 1 is 0.778 bits per heavy atom. The first-order valence-corrected chi connectivity index (χ1v) is 9.02. The fraction of sp³-hybridized carbons (Fsp3) is 0. The Morgan fingerprint density at radius 3 is 2.19 bits per heavy atom. The average Bonchev–Trinajstić information content (AvgIpc) is 2.70. The summed E-state index contributed by atoms with van der Waals surface area (Å²) in [5.41, 5.74) is 5.68. The van der Waals surface area contributed by atoms with Crippen LogP contribution in [0.15, 0.2) is 77.9 Å². The van der Waals surface area contributed by atoms with Crippen LogP contribution in [0.5, 0.6) is 0 Å². The molecule has 132 valence electrons. The van der Waals surface area contributed by atoms with Gasteiger partial charge in [-0.2, -0.15) is 5.10 Å². The van der Waals surface area contributed by atoms with Crippen LogP contribution in [0.1, 0.15) is 5.56 Å². The number of hydrazone groups is 1. The first kappa shape index (κ1) is 17.5. The van der Waals surface area contributed by atoms with Crippen LogP contribution in [0.4, 0.5) is 5.82 Å². The number of nitrogens with zero attached hydrogens (tertiary/aromatic N) is 3. The molecule has 4 aromatic rings. The van der Waals surface area contributed by atoms with Crippen molar-refractivity contribution in [1.82, 2.24) is 9.97 Å². The molecule has 0 fully saturated rings. The zero-order valence-corrected chi connectivity index (χ0v) is 15.6. The molecule has 27 heavy (non-hydrogen) atoms. The first-order chi connectivity index (χ1) is 13.2. The third kappa shape index (κ3) is 4.08. The largest absolute Gasteiger partial charge is 0.261 e. The van der Waals surface area contributed by atoms with E-state index in [1.807, 2.05) is 72.8 Å². The molecule has 3 aromatic carbocycles. The highest BCUT2D eigenvalue weighted by atomic mass is 35.5. The highest BCUT2D eigenvalue weighted by Gasteiger charge is 2.08. The highest BCUT2D eigenvalue weighted by molar-refractivity contribution is 6.30. The Balaban J connectivity index is 1.70. The lowest BCUT2D eigenvalue weighted by Gasteiger charge is -2.08. The minimum Gasteiger partial charge on any atom is -0.261 e. The highest BCUT2D eigenvalue weighted by Crippen LogP contribution is 2.25. The molecular weight excluding hydrogens is 379 g/mol. The van der Waals surface area contributed by atoms with Gasteiger partial charge < -0.3 is 0 Å². The van der Waals surface area contributed by atoms with Crippen molar-refractivity contribution in [2.45, 2.75) is 0 Å². The molecular formula is C21H14Cl2N4. The van der Waals surface area contributed by atoms with Gasteiger partial charge in [0.05, 0.1) is 11.7 Å². The van der Waals surface area contributed by atoms with Crippen molar-refractivity contribution in [3.63, 3.8) is 0 Å². The van der Waals surface area contributed by atoms with Crippen LogP contribution in [0.3, 0.4) is 0 Å². The van der Waals surface area contributed by atoms with Crippen LogP contribution >= 0.6 is 23.2 Å². The third-order valence-corrected chi connectivity index (χ3v) is 4.46. The number of fused-ring (bicyclic) bond motifs is 1. The van der Waals surface area contributed by atoms with Gasteiger partial charge in [-0.3, -0.25) is 5.43 Å². The molecule has 0 amide bonds. The van der Waals surface area contributed by atoms with Gasteiger partial charge in [0.1, 0.15) is 0 Å². The standard InChI is InChI=1S/C21H14Cl2N4/c22-16-9-5-14(6-10-16)13-24-27-21-18-3-1-2-4-19(18)25-20(26-21)15-7-11-17(23)12-8-15/h1-13H,(H,25,26,27)/b24-13+. The minimum atomic E-state index is 0.606. The summed E-state index contributed by atoms with van der Waals surface area (Å²) in [5.74, 6) is 1.24. The van der Waals surface area contributed by atoms with Crippen molar-refractivity contribution >= 4 is 46.1 Å². The summed E-state index contributed by atoms with van der Waals surface area (Å²) >= 11 is 11.9. The van der Waals surface area contributed by atoms with Crippen LogP contribution in [0.25, 0.3) is 22.3 Å². The predicted octanol–water partition coefficient (Wildman–Crippen LogP) is 6.05. The number of hydrogen-bond donors (Lipinski definition) is 1. The second kappa shape index (κ2) is 7.74. The Bertz CT molecular complexity index is 1110. The summed E-state index contributed by atoms with van der Waals surface area (Å²) in [5, 5.41) is 6.56. The summed E-state index contributed by atoms with van der Waals surface area (Å²) < 4.78 is 0. The van der Waals surface area contributed by atoms with E-state index in [0.29, 0.717) is 21.7 Å². The molecule has 0 atom stereocenters. The van der Waals surface area contributed by atoms with Crippen LogP contribution in [0, 0.1) is 0 Å². The fourth-order valence-corrected chi connectivity index (χ4v) is 2.86. The zero-order chi connectivity index (χ0) is 18.6. The molecule has 0 radical (unpaired) electrons. The summed E-state index contributed by atoms with van der Waals surface area (Å²) in [6.45, 7) is 0. The molecule has 6 heteroatoms. The van der Waals surface area contributed by atoms with E-state index in [0.717, 1.165) is 22.0 Å². The topological polar surface area (TPSA) is 50.2 Å². The van der Waals surface area contributed by atoms with E-state index < -0.39 is 0 Å². The van der Waals surface area contributed by atoms with Gasteiger partial charge in [0.2, 0.25) is 0 Å². The molecule has 0 spiro atoms. The summed E-state index contributed by atoms with van der Waals surface area (Å²) in [4.78, 5) is 9.30. The second-order valence-corrected chi connectivity index (χ2v) is 6.71. The first-order valence-electron chi connectivity index (χ1n) is 8.26. The van der Waals surface area contributed by atoms with E-state index in [1.165, 1.54) is 0 Å². The van der Waals surface area contributed by atoms with Crippen molar-refractivity contribution in [2.24, 2.45) is 5.10 Å². The van der Waals surface area contributed by atoms with E-state index in [2.05, 4.69) is 20.5 Å². The molecule has 0 aliphatic carbocycles. The number of para-hydroxylation sites is 1. The van der Waals surface area contributed by atoms with Crippen molar-refractivity contribution in [3.05, 3.63) is 88.4 Å². The van der Waals surface area contributed by atoms with Crippen LogP contribution in [-0.4, -0.2) is 16.2 Å². The molecule has 4 nitrogen and oxygen atoms in total. The number of anilines is 1. The third-order valence-electron chi connectivity index (χ3n) is 3.96. The summed E-state index contributed by atoms with van der Waals surface area (Å²) in [6, 6.07) is 22.7. The van der Waals surface area contributed by atoms with Crippen molar-refractivity contribution in [1.29, 1.82) is 0 Å². The van der Waals surface area contributed by atoms with E-state index in [9.17, 15) is 0 Å². The van der Waals surface area contributed by atoms with Crippen LogP contribution < -0.4 is 5.43 Å². The van der Waals surface area contributed by atoms with Gasteiger partial charge in [-0.05, 0) is 54.1 Å². The van der Waals surface area contributed by atoms with Gasteiger partial charge in [-0.25, -0.2) is 9.97 Å². The van der Waals surface area contributed by atoms with Gasteiger partial charge in [0.15, 0.2) is 11.6 Å². The van der Waals surface area contributed by atoms with Crippen molar-refractivity contribution in [2.75, 3.05) is 5.43 Å². The number of hydrogen-bond acceptors (Lipinski definition) is 4. The fourth-order valence-electron chi connectivity index (χ4n) is 2.61.